The SMILES string of the molecule is COc1cc2c(=N)n(-c3ncc(C)s3)cnc2cc1OCCCN1CCOCC1. The monoisotopic (exact) mass is 415 g/mol. The summed E-state index contributed by atoms with van der Waals surface area (Å²) in [6.07, 6.45) is 4.36. The van der Waals surface area contributed by atoms with Crippen molar-refractivity contribution >= 4 is 22.2 Å². The van der Waals surface area contributed by atoms with Gasteiger partial charge < -0.3 is 14.2 Å². The normalized spacial score (nSPS) is 15.0. The zero-order valence-electron chi connectivity index (χ0n) is 16.7. The van der Waals surface area contributed by atoms with Gasteiger partial charge in [0.25, 0.3) is 0 Å². The fraction of sp³-hybridized carbons (Fsp3) is 0.450. The van der Waals surface area contributed by atoms with Crippen molar-refractivity contribution in [1.82, 2.24) is 19.4 Å². The number of rotatable bonds is 7. The van der Waals surface area contributed by atoms with E-state index in [-0.39, 0.29) is 0 Å². The molecule has 0 atom stereocenters. The van der Waals surface area contributed by atoms with Crippen molar-refractivity contribution in [3.05, 3.63) is 35.0 Å². The standard InChI is InChI=1S/C20H25N5O3S/c1-14-12-22-20(29-14)25-13-23-16-11-18(17(26-2)10-15(16)19(25)21)28-7-3-4-24-5-8-27-9-6-24/h10-13,21H,3-9H2,1-2H3. The maximum Gasteiger partial charge on any atom is 0.196 e. The molecule has 0 unspecified atom stereocenters. The summed E-state index contributed by atoms with van der Waals surface area (Å²) < 4.78 is 18.6. The zero-order chi connectivity index (χ0) is 20.2. The molecule has 1 saturated heterocycles. The summed E-state index contributed by atoms with van der Waals surface area (Å²) in [6.45, 7) is 7.15. The molecule has 1 aliphatic rings. The Kier molecular flexibility index (Phi) is 6.08. The first-order valence-corrected chi connectivity index (χ1v) is 10.5. The van der Waals surface area contributed by atoms with Gasteiger partial charge in [-0.3, -0.25) is 14.9 Å². The summed E-state index contributed by atoms with van der Waals surface area (Å²) in [5.41, 5.74) is 1.02. The van der Waals surface area contributed by atoms with Crippen LogP contribution in [0.25, 0.3) is 16.0 Å². The Labute approximate surface area is 173 Å². The molecule has 0 aliphatic carbocycles. The number of benzene rings is 1. The minimum Gasteiger partial charge on any atom is -0.493 e. The summed E-state index contributed by atoms with van der Waals surface area (Å²) >= 11 is 1.53. The lowest BCUT2D eigenvalue weighted by atomic mass is 10.2. The topological polar surface area (TPSA) is 85.5 Å². The molecule has 8 nitrogen and oxygen atoms in total. The molecule has 0 spiro atoms. The second-order valence-electron chi connectivity index (χ2n) is 6.89. The van der Waals surface area contributed by atoms with E-state index in [1.54, 1.807) is 24.2 Å². The van der Waals surface area contributed by atoms with E-state index in [0.717, 1.165) is 49.3 Å². The number of fused-ring (bicyclic) bond motifs is 1. The van der Waals surface area contributed by atoms with E-state index in [9.17, 15) is 0 Å². The van der Waals surface area contributed by atoms with E-state index < -0.39 is 0 Å². The highest BCUT2D eigenvalue weighted by Crippen LogP contribution is 2.30. The number of ether oxygens (including phenoxy) is 3. The number of nitrogens with one attached hydrogen (secondary N) is 1. The van der Waals surface area contributed by atoms with Gasteiger partial charge in [0, 0.05) is 42.2 Å². The molecule has 2 aromatic heterocycles. The summed E-state index contributed by atoms with van der Waals surface area (Å²) in [6, 6.07) is 3.66. The lowest BCUT2D eigenvalue weighted by Gasteiger charge is -2.26. The van der Waals surface area contributed by atoms with Crippen molar-refractivity contribution in [2.45, 2.75) is 13.3 Å². The molecular weight excluding hydrogens is 390 g/mol. The Morgan fingerprint density at radius 1 is 1.21 bits per heavy atom. The van der Waals surface area contributed by atoms with Gasteiger partial charge >= 0.3 is 0 Å². The van der Waals surface area contributed by atoms with Gasteiger partial charge in [0.05, 0.1) is 32.4 Å². The van der Waals surface area contributed by atoms with Crippen molar-refractivity contribution < 1.29 is 14.2 Å². The molecule has 9 heteroatoms. The van der Waals surface area contributed by atoms with Crippen LogP contribution >= 0.6 is 11.3 Å². The van der Waals surface area contributed by atoms with Crippen LogP contribution in [-0.4, -0.2) is 66.0 Å². The van der Waals surface area contributed by atoms with E-state index in [1.165, 1.54) is 11.3 Å². The molecule has 3 heterocycles. The van der Waals surface area contributed by atoms with Gasteiger partial charge in [-0.25, -0.2) is 9.97 Å². The fourth-order valence-electron chi connectivity index (χ4n) is 3.32. The summed E-state index contributed by atoms with van der Waals surface area (Å²) in [5, 5.41) is 10.0. The summed E-state index contributed by atoms with van der Waals surface area (Å²) in [5.74, 6) is 1.25. The van der Waals surface area contributed by atoms with Gasteiger partial charge in [-0.15, -0.1) is 11.3 Å². The first kappa shape index (κ1) is 19.8. The maximum absolute atomic E-state index is 8.59. The van der Waals surface area contributed by atoms with Gasteiger partial charge in [0.1, 0.15) is 11.8 Å². The predicted octanol–water partition coefficient (Wildman–Crippen LogP) is 2.38. The lowest BCUT2D eigenvalue weighted by molar-refractivity contribution is 0.0357. The van der Waals surface area contributed by atoms with Crippen LogP contribution in [0.4, 0.5) is 0 Å². The van der Waals surface area contributed by atoms with Gasteiger partial charge in [0.15, 0.2) is 16.6 Å². The van der Waals surface area contributed by atoms with Crippen LogP contribution in [0.15, 0.2) is 24.7 Å². The quantitative estimate of drug-likeness (QED) is 0.597. The molecule has 1 fully saturated rings. The third-order valence-corrected chi connectivity index (χ3v) is 5.80. The number of nitrogens with zero attached hydrogens (tertiary/aromatic N) is 4. The van der Waals surface area contributed by atoms with Crippen LogP contribution in [0.2, 0.25) is 0 Å². The van der Waals surface area contributed by atoms with Crippen LogP contribution in [0.3, 0.4) is 0 Å². The molecule has 3 aromatic rings. The van der Waals surface area contributed by atoms with E-state index in [2.05, 4.69) is 14.9 Å². The predicted molar refractivity (Wildman–Crippen MR) is 111 cm³/mol. The van der Waals surface area contributed by atoms with Crippen LogP contribution in [0.5, 0.6) is 11.5 Å². The molecule has 154 valence electrons. The number of hydrogen-bond donors (Lipinski definition) is 1. The van der Waals surface area contributed by atoms with E-state index in [0.29, 0.717) is 34.5 Å². The van der Waals surface area contributed by atoms with E-state index in [1.807, 2.05) is 19.1 Å². The van der Waals surface area contributed by atoms with Crippen molar-refractivity contribution in [2.24, 2.45) is 0 Å². The highest BCUT2D eigenvalue weighted by molar-refractivity contribution is 7.13. The lowest BCUT2D eigenvalue weighted by Crippen LogP contribution is -2.37. The zero-order valence-corrected chi connectivity index (χ0v) is 17.5. The summed E-state index contributed by atoms with van der Waals surface area (Å²) in [7, 11) is 1.61. The second-order valence-corrected chi connectivity index (χ2v) is 8.11. The Morgan fingerprint density at radius 2 is 2.03 bits per heavy atom. The van der Waals surface area contributed by atoms with E-state index >= 15 is 0 Å². The third kappa shape index (κ3) is 4.42. The second kappa shape index (κ2) is 8.89. The van der Waals surface area contributed by atoms with Crippen molar-refractivity contribution in [3.63, 3.8) is 0 Å². The Bertz CT molecular complexity index is 1040. The molecule has 1 aromatic carbocycles. The molecule has 1 aliphatic heterocycles. The highest BCUT2D eigenvalue weighted by atomic mass is 32.1. The number of hydrogen-bond acceptors (Lipinski definition) is 8. The molecule has 0 radical (unpaired) electrons. The van der Waals surface area contributed by atoms with E-state index in [4.69, 9.17) is 19.6 Å². The van der Waals surface area contributed by atoms with Crippen molar-refractivity contribution in [1.29, 1.82) is 5.41 Å². The molecular formula is C20H25N5O3S. The Morgan fingerprint density at radius 3 is 2.76 bits per heavy atom. The highest BCUT2D eigenvalue weighted by Gasteiger charge is 2.13. The maximum atomic E-state index is 8.59. The molecule has 29 heavy (non-hydrogen) atoms. The number of methoxy groups -OCH3 is 1. The van der Waals surface area contributed by atoms with Gasteiger partial charge in [-0.2, -0.15) is 0 Å². The van der Waals surface area contributed by atoms with Crippen LogP contribution in [0, 0.1) is 12.3 Å². The van der Waals surface area contributed by atoms with Gasteiger partial charge in [0.2, 0.25) is 0 Å². The van der Waals surface area contributed by atoms with Crippen LogP contribution in [-0.2, 0) is 4.74 Å². The summed E-state index contributed by atoms with van der Waals surface area (Å²) in [4.78, 5) is 12.3. The largest absolute Gasteiger partial charge is 0.493 e. The van der Waals surface area contributed by atoms with Crippen LogP contribution in [0.1, 0.15) is 11.3 Å². The molecule has 0 saturated carbocycles. The Balaban J connectivity index is 1.52. The number of thiazole rings is 1. The van der Waals surface area contributed by atoms with Crippen molar-refractivity contribution in [2.75, 3.05) is 46.6 Å². The van der Waals surface area contributed by atoms with Gasteiger partial charge in [-0.05, 0) is 19.4 Å². The number of aryl methyl sites for hydroxylation is 1. The third-order valence-electron chi connectivity index (χ3n) is 4.89. The number of aromatic nitrogens is 3. The van der Waals surface area contributed by atoms with Crippen LogP contribution < -0.4 is 15.0 Å². The number of morpholine rings is 1. The molecule has 0 bridgehead atoms. The Hall–Kier alpha value is -2.49. The first-order valence-electron chi connectivity index (χ1n) is 9.65. The smallest absolute Gasteiger partial charge is 0.196 e. The molecule has 0 amide bonds. The average Bonchev–Trinajstić information content (AvgIpc) is 3.18. The molecule has 1 N–H and O–H groups in total. The molecule has 4 rings (SSSR count). The minimum absolute atomic E-state index is 0.321. The average molecular weight is 416 g/mol. The van der Waals surface area contributed by atoms with Gasteiger partial charge in [-0.1, -0.05) is 0 Å². The fourth-order valence-corrected chi connectivity index (χ4v) is 4.06. The van der Waals surface area contributed by atoms with Crippen molar-refractivity contribution in [3.8, 4) is 16.6 Å². The minimum atomic E-state index is 0.321. The first-order chi connectivity index (χ1) is 14.2.